The van der Waals surface area contributed by atoms with Gasteiger partial charge >= 0.3 is 5.97 Å². The van der Waals surface area contributed by atoms with Gasteiger partial charge in [0.15, 0.2) is 0 Å². The van der Waals surface area contributed by atoms with Gasteiger partial charge in [0.25, 0.3) is 0 Å². The number of esters is 1. The SMILES string of the molecule is CCCOc1ccc(-c2nc(N)nc(C)c2C(=O)OCC)cc1Br. The molecule has 0 bridgehead atoms. The summed E-state index contributed by atoms with van der Waals surface area (Å²) < 4.78 is 11.5. The van der Waals surface area contributed by atoms with Crippen molar-refractivity contribution in [3.05, 3.63) is 33.9 Å². The topological polar surface area (TPSA) is 87.3 Å². The summed E-state index contributed by atoms with van der Waals surface area (Å²) in [5, 5.41) is 0. The maximum Gasteiger partial charge on any atom is 0.342 e. The van der Waals surface area contributed by atoms with E-state index in [9.17, 15) is 4.79 Å². The first kappa shape index (κ1) is 18.2. The van der Waals surface area contributed by atoms with Gasteiger partial charge in [-0.2, -0.15) is 0 Å². The molecule has 0 unspecified atom stereocenters. The third-order valence-electron chi connectivity index (χ3n) is 3.25. The van der Waals surface area contributed by atoms with Crippen LogP contribution in [0.5, 0.6) is 5.75 Å². The van der Waals surface area contributed by atoms with Gasteiger partial charge in [0, 0.05) is 5.56 Å². The van der Waals surface area contributed by atoms with Crippen LogP contribution in [0.25, 0.3) is 11.3 Å². The van der Waals surface area contributed by atoms with Crippen molar-refractivity contribution in [2.24, 2.45) is 0 Å². The Morgan fingerprint density at radius 3 is 2.67 bits per heavy atom. The minimum Gasteiger partial charge on any atom is -0.492 e. The van der Waals surface area contributed by atoms with Crippen molar-refractivity contribution >= 4 is 27.8 Å². The van der Waals surface area contributed by atoms with E-state index in [0.717, 1.165) is 22.2 Å². The lowest BCUT2D eigenvalue weighted by atomic mass is 10.0. The molecule has 1 aromatic heterocycles. The number of aromatic nitrogens is 2. The van der Waals surface area contributed by atoms with Gasteiger partial charge in [0.05, 0.1) is 29.1 Å². The fourth-order valence-electron chi connectivity index (χ4n) is 2.23. The van der Waals surface area contributed by atoms with Gasteiger partial charge in [0.1, 0.15) is 11.3 Å². The maximum absolute atomic E-state index is 12.3. The van der Waals surface area contributed by atoms with Gasteiger partial charge in [-0.05, 0) is 54.4 Å². The number of halogens is 1. The molecule has 1 aromatic carbocycles. The predicted molar refractivity (Wildman–Crippen MR) is 96.1 cm³/mol. The Balaban J connectivity index is 2.51. The van der Waals surface area contributed by atoms with Crippen LogP contribution in [0.4, 0.5) is 5.95 Å². The van der Waals surface area contributed by atoms with E-state index in [0.29, 0.717) is 23.6 Å². The first-order chi connectivity index (χ1) is 11.5. The van der Waals surface area contributed by atoms with Crippen molar-refractivity contribution in [1.29, 1.82) is 0 Å². The summed E-state index contributed by atoms with van der Waals surface area (Å²) in [4.78, 5) is 20.6. The van der Waals surface area contributed by atoms with Gasteiger partial charge in [-0.1, -0.05) is 6.92 Å². The maximum atomic E-state index is 12.3. The molecule has 2 N–H and O–H groups in total. The van der Waals surface area contributed by atoms with Crippen LogP contribution in [-0.2, 0) is 4.74 Å². The fourth-order valence-corrected chi connectivity index (χ4v) is 2.72. The average molecular weight is 394 g/mol. The number of rotatable bonds is 6. The van der Waals surface area contributed by atoms with E-state index < -0.39 is 5.97 Å². The Hall–Kier alpha value is -2.15. The predicted octanol–water partition coefficient (Wildman–Crippen LogP) is 3.76. The highest BCUT2D eigenvalue weighted by atomic mass is 79.9. The zero-order valence-electron chi connectivity index (χ0n) is 13.9. The zero-order valence-corrected chi connectivity index (χ0v) is 15.5. The summed E-state index contributed by atoms with van der Waals surface area (Å²) >= 11 is 3.49. The smallest absolute Gasteiger partial charge is 0.342 e. The molecule has 128 valence electrons. The lowest BCUT2D eigenvalue weighted by Gasteiger charge is -2.13. The molecular weight excluding hydrogens is 374 g/mol. The number of hydrogen-bond donors (Lipinski definition) is 1. The number of benzene rings is 1. The number of nitrogens with zero attached hydrogens (tertiary/aromatic N) is 2. The molecule has 24 heavy (non-hydrogen) atoms. The zero-order chi connectivity index (χ0) is 17.7. The van der Waals surface area contributed by atoms with Crippen molar-refractivity contribution in [3.8, 4) is 17.0 Å². The number of aryl methyl sites for hydroxylation is 1. The van der Waals surface area contributed by atoms with Crippen LogP contribution in [0.3, 0.4) is 0 Å². The Morgan fingerprint density at radius 2 is 2.04 bits per heavy atom. The Labute approximate surface area is 149 Å². The lowest BCUT2D eigenvalue weighted by Crippen LogP contribution is -2.13. The molecule has 0 aliphatic heterocycles. The Kier molecular flexibility index (Phi) is 6.14. The molecule has 7 heteroatoms. The molecule has 0 amide bonds. The van der Waals surface area contributed by atoms with Crippen LogP contribution in [0.1, 0.15) is 36.3 Å². The molecule has 1 heterocycles. The molecule has 0 radical (unpaired) electrons. The second-order valence-corrected chi connectivity index (χ2v) is 5.96. The van der Waals surface area contributed by atoms with Crippen LogP contribution in [-0.4, -0.2) is 29.2 Å². The summed E-state index contributed by atoms with van der Waals surface area (Å²) in [7, 11) is 0. The molecule has 0 fully saturated rings. The molecule has 2 aromatic rings. The van der Waals surface area contributed by atoms with Crippen molar-refractivity contribution in [2.45, 2.75) is 27.2 Å². The highest BCUT2D eigenvalue weighted by Crippen LogP contribution is 2.32. The highest BCUT2D eigenvalue weighted by Gasteiger charge is 2.21. The van der Waals surface area contributed by atoms with Crippen molar-refractivity contribution in [3.63, 3.8) is 0 Å². The van der Waals surface area contributed by atoms with Gasteiger partial charge in [0.2, 0.25) is 5.95 Å². The lowest BCUT2D eigenvalue weighted by molar-refractivity contribution is 0.0525. The molecule has 2 rings (SSSR count). The highest BCUT2D eigenvalue weighted by molar-refractivity contribution is 9.10. The van der Waals surface area contributed by atoms with E-state index >= 15 is 0 Å². The van der Waals surface area contributed by atoms with E-state index in [1.54, 1.807) is 13.8 Å². The van der Waals surface area contributed by atoms with Crippen molar-refractivity contribution < 1.29 is 14.3 Å². The molecule has 0 aliphatic rings. The number of carbonyl (C=O) groups is 1. The van der Waals surface area contributed by atoms with Gasteiger partial charge in [-0.3, -0.25) is 0 Å². The van der Waals surface area contributed by atoms with Gasteiger partial charge in [-0.15, -0.1) is 0 Å². The number of anilines is 1. The summed E-state index contributed by atoms with van der Waals surface area (Å²) in [6.45, 7) is 6.41. The molecule has 0 atom stereocenters. The Bertz CT molecular complexity index is 750. The average Bonchev–Trinajstić information content (AvgIpc) is 2.53. The number of hydrogen-bond acceptors (Lipinski definition) is 6. The van der Waals surface area contributed by atoms with Crippen LogP contribution in [0.15, 0.2) is 22.7 Å². The van der Waals surface area contributed by atoms with Crippen LogP contribution in [0.2, 0.25) is 0 Å². The number of nitrogens with two attached hydrogens (primary N) is 1. The molecule has 6 nitrogen and oxygen atoms in total. The molecule has 0 saturated heterocycles. The Morgan fingerprint density at radius 1 is 1.29 bits per heavy atom. The minimum atomic E-state index is -0.465. The summed E-state index contributed by atoms with van der Waals surface area (Å²) in [5.74, 6) is 0.377. The first-order valence-corrected chi connectivity index (χ1v) is 8.51. The summed E-state index contributed by atoms with van der Waals surface area (Å²) in [6, 6.07) is 5.51. The minimum absolute atomic E-state index is 0.109. The van der Waals surface area contributed by atoms with Crippen LogP contribution in [0, 0.1) is 6.92 Å². The quantitative estimate of drug-likeness (QED) is 0.751. The second kappa shape index (κ2) is 8.10. The van der Waals surface area contributed by atoms with Crippen LogP contribution < -0.4 is 10.5 Å². The monoisotopic (exact) mass is 393 g/mol. The standard InChI is InChI=1S/C17H20BrN3O3/c1-4-8-24-13-7-6-11(9-12(13)18)15-14(16(22)23-5-2)10(3)20-17(19)21-15/h6-7,9H,4-5,8H2,1-3H3,(H2,19,20,21). The third-order valence-corrected chi connectivity index (χ3v) is 3.87. The van der Waals surface area contributed by atoms with Gasteiger partial charge in [-0.25, -0.2) is 14.8 Å². The summed E-state index contributed by atoms with van der Waals surface area (Å²) in [5.41, 5.74) is 7.74. The van der Waals surface area contributed by atoms with Crippen molar-refractivity contribution in [1.82, 2.24) is 9.97 Å². The van der Waals surface area contributed by atoms with Gasteiger partial charge < -0.3 is 15.2 Å². The van der Waals surface area contributed by atoms with Crippen molar-refractivity contribution in [2.75, 3.05) is 18.9 Å². The fraction of sp³-hybridized carbons (Fsp3) is 0.353. The normalized spacial score (nSPS) is 10.5. The number of ether oxygens (including phenoxy) is 2. The van der Waals surface area contributed by atoms with E-state index in [1.165, 1.54) is 0 Å². The number of nitrogen functional groups attached to an aromatic ring is 1. The summed E-state index contributed by atoms with van der Waals surface area (Å²) in [6.07, 6.45) is 0.919. The number of carbonyl (C=O) groups excluding carboxylic acids is 1. The van der Waals surface area contributed by atoms with E-state index in [2.05, 4.69) is 25.9 Å². The van der Waals surface area contributed by atoms with E-state index in [1.807, 2.05) is 25.1 Å². The third kappa shape index (κ3) is 4.03. The molecule has 0 saturated carbocycles. The van der Waals surface area contributed by atoms with Crippen LogP contribution >= 0.6 is 15.9 Å². The molecular formula is C17H20BrN3O3. The molecule has 0 spiro atoms. The van der Waals surface area contributed by atoms with E-state index in [4.69, 9.17) is 15.2 Å². The first-order valence-electron chi connectivity index (χ1n) is 7.71. The second-order valence-electron chi connectivity index (χ2n) is 5.10. The largest absolute Gasteiger partial charge is 0.492 e. The molecule has 0 aliphatic carbocycles. The van der Waals surface area contributed by atoms with E-state index in [-0.39, 0.29) is 12.6 Å².